The lowest BCUT2D eigenvalue weighted by atomic mass is 9.84. The minimum atomic E-state index is 0.172. The molecule has 3 aromatic carbocycles. The Bertz CT molecular complexity index is 1560. The highest BCUT2D eigenvalue weighted by atomic mass is 15.0. The van der Waals surface area contributed by atoms with Crippen molar-refractivity contribution >= 4 is 29.0 Å². The van der Waals surface area contributed by atoms with E-state index in [0.717, 1.165) is 35.6 Å². The Balaban J connectivity index is 1.44. The van der Waals surface area contributed by atoms with E-state index in [1.165, 1.54) is 16.0 Å². The van der Waals surface area contributed by atoms with Crippen LogP contribution in [0.15, 0.2) is 97.6 Å². The van der Waals surface area contributed by atoms with E-state index in [9.17, 15) is 0 Å². The molecule has 0 bridgehead atoms. The molecule has 3 heteroatoms. The first kappa shape index (κ1) is 26.0. The Hall–Kier alpha value is -4.11. The molecule has 0 amide bonds. The number of rotatable bonds is 9. The smallest absolute Gasteiger partial charge is 0.163 e. The summed E-state index contributed by atoms with van der Waals surface area (Å²) in [7, 11) is 0. The quantitative estimate of drug-likeness (QED) is 0.235. The maximum Gasteiger partial charge on any atom is 0.163 e. The molecule has 0 aliphatic heterocycles. The van der Waals surface area contributed by atoms with Crippen LogP contribution in [0.4, 0.5) is 0 Å². The molecule has 0 saturated carbocycles. The van der Waals surface area contributed by atoms with Gasteiger partial charge in [0.1, 0.15) is 5.82 Å². The van der Waals surface area contributed by atoms with Gasteiger partial charge in [0, 0.05) is 11.1 Å². The van der Waals surface area contributed by atoms with E-state index in [4.69, 9.17) is 4.98 Å². The molecule has 0 radical (unpaired) electrons. The molecule has 0 N–H and O–H groups in total. The Morgan fingerprint density at radius 3 is 2.46 bits per heavy atom. The van der Waals surface area contributed by atoms with Crippen molar-refractivity contribution in [3.05, 3.63) is 120 Å². The molecule has 3 nitrogen and oxygen atoms in total. The maximum atomic E-state index is 4.70. The third-order valence-corrected chi connectivity index (χ3v) is 6.57. The first-order chi connectivity index (χ1) is 17.9. The molecule has 4 aromatic rings. The Kier molecular flexibility index (Phi) is 8.25. The summed E-state index contributed by atoms with van der Waals surface area (Å²) < 4.78 is 0. The van der Waals surface area contributed by atoms with Crippen LogP contribution in [-0.4, -0.2) is 15.0 Å². The van der Waals surface area contributed by atoms with Gasteiger partial charge in [-0.2, -0.15) is 0 Å². The van der Waals surface area contributed by atoms with E-state index in [2.05, 4.69) is 91.6 Å². The van der Waals surface area contributed by atoms with E-state index in [0.29, 0.717) is 17.5 Å². The van der Waals surface area contributed by atoms with Gasteiger partial charge in [-0.05, 0) is 52.8 Å². The average Bonchev–Trinajstić information content (AvgIpc) is 2.90. The van der Waals surface area contributed by atoms with Crippen molar-refractivity contribution in [2.75, 3.05) is 0 Å². The lowest BCUT2D eigenvalue weighted by molar-refractivity contribution is 0.346. The molecule has 4 rings (SSSR count). The van der Waals surface area contributed by atoms with Gasteiger partial charge in [-0.1, -0.05) is 124 Å². The summed E-state index contributed by atoms with van der Waals surface area (Å²) >= 11 is 0. The number of aromatic nitrogens is 3. The summed E-state index contributed by atoms with van der Waals surface area (Å²) in [4.78, 5) is 13.8. The number of allylic oxidation sites excluding steroid dienone is 5. The zero-order valence-corrected chi connectivity index (χ0v) is 22.1. The molecule has 1 aromatic heterocycles. The summed E-state index contributed by atoms with van der Waals surface area (Å²) in [5.74, 6) is 2.00. The van der Waals surface area contributed by atoms with Crippen LogP contribution < -0.4 is 10.4 Å². The molecule has 0 spiro atoms. The third-order valence-electron chi connectivity index (χ3n) is 6.57. The fourth-order valence-electron chi connectivity index (χ4n) is 4.41. The molecule has 1 heterocycles. The van der Waals surface area contributed by atoms with E-state index < -0.39 is 0 Å². The number of fused-ring (bicyclic) bond motifs is 1. The minimum Gasteiger partial charge on any atom is -0.213 e. The van der Waals surface area contributed by atoms with E-state index in [-0.39, 0.29) is 5.41 Å². The molecule has 0 atom stereocenters. The van der Waals surface area contributed by atoms with Crippen LogP contribution in [-0.2, 0) is 0 Å². The highest BCUT2D eigenvalue weighted by Crippen LogP contribution is 2.27. The van der Waals surface area contributed by atoms with Crippen LogP contribution in [0.2, 0.25) is 0 Å². The molecule has 37 heavy (non-hydrogen) atoms. The highest BCUT2D eigenvalue weighted by molar-refractivity contribution is 5.83. The van der Waals surface area contributed by atoms with Crippen molar-refractivity contribution in [2.45, 2.75) is 40.0 Å². The van der Waals surface area contributed by atoms with Crippen molar-refractivity contribution in [2.24, 2.45) is 5.41 Å². The van der Waals surface area contributed by atoms with Gasteiger partial charge in [-0.15, -0.1) is 0 Å². The van der Waals surface area contributed by atoms with Crippen LogP contribution in [0.25, 0.3) is 40.4 Å². The zero-order valence-electron chi connectivity index (χ0n) is 22.1. The monoisotopic (exact) mass is 485 g/mol. The standard InChI is InChI=1S/C34H35N3/c1-6-27(32-35-26(3)36-33(37-32)29-17-8-7-9-18-29)15-12-13-23-34(4,5)24-14-20-30-25(2)21-22-28-16-10-11-19-31(28)30/h6-13,15-22H,1-2,14,23-24H2,3-5H3/b13-12-,27-15+,30-20+. The van der Waals surface area contributed by atoms with Gasteiger partial charge in [0.15, 0.2) is 11.6 Å². The largest absolute Gasteiger partial charge is 0.213 e. The molecule has 0 aliphatic carbocycles. The minimum absolute atomic E-state index is 0.172. The van der Waals surface area contributed by atoms with Crippen molar-refractivity contribution in [3.63, 3.8) is 0 Å². The first-order valence-electron chi connectivity index (χ1n) is 12.8. The lowest BCUT2D eigenvalue weighted by Crippen LogP contribution is -2.23. The Morgan fingerprint density at radius 2 is 1.68 bits per heavy atom. The summed E-state index contributed by atoms with van der Waals surface area (Å²) in [6.07, 6.45) is 13.6. The van der Waals surface area contributed by atoms with Gasteiger partial charge >= 0.3 is 0 Å². The average molecular weight is 486 g/mol. The Labute approximate surface area is 220 Å². The van der Waals surface area contributed by atoms with Crippen molar-refractivity contribution in [1.29, 1.82) is 0 Å². The highest BCUT2D eigenvalue weighted by Gasteiger charge is 2.15. The van der Waals surface area contributed by atoms with Crippen LogP contribution >= 0.6 is 0 Å². The predicted octanol–water partition coefficient (Wildman–Crippen LogP) is 7.21. The number of aryl methyl sites for hydroxylation is 1. The van der Waals surface area contributed by atoms with Gasteiger partial charge in [0.05, 0.1) is 0 Å². The van der Waals surface area contributed by atoms with Crippen LogP contribution in [0.5, 0.6) is 0 Å². The second-order valence-corrected chi connectivity index (χ2v) is 10.1. The predicted molar refractivity (Wildman–Crippen MR) is 158 cm³/mol. The summed E-state index contributed by atoms with van der Waals surface area (Å²) in [6, 6.07) is 22.8. The van der Waals surface area contributed by atoms with Crippen molar-refractivity contribution in [1.82, 2.24) is 15.0 Å². The van der Waals surface area contributed by atoms with Crippen molar-refractivity contribution in [3.8, 4) is 11.4 Å². The van der Waals surface area contributed by atoms with Gasteiger partial charge in [0.25, 0.3) is 0 Å². The third kappa shape index (κ3) is 6.77. The molecular formula is C34H35N3. The zero-order chi connectivity index (χ0) is 26.3. The van der Waals surface area contributed by atoms with E-state index in [1.54, 1.807) is 6.08 Å². The number of hydrogen-bond donors (Lipinski definition) is 0. The molecule has 186 valence electrons. The lowest BCUT2D eigenvalue weighted by Gasteiger charge is -2.21. The second-order valence-electron chi connectivity index (χ2n) is 10.1. The second kappa shape index (κ2) is 11.7. The number of hydrogen-bond acceptors (Lipinski definition) is 3. The van der Waals surface area contributed by atoms with Crippen molar-refractivity contribution < 1.29 is 0 Å². The van der Waals surface area contributed by atoms with Gasteiger partial charge in [-0.3, -0.25) is 0 Å². The normalized spacial score (nSPS) is 12.9. The molecule has 0 aliphatic rings. The Morgan fingerprint density at radius 1 is 0.919 bits per heavy atom. The molecule has 0 fully saturated rings. The number of benzene rings is 3. The van der Waals surface area contributed by atoms with Gasteiger partial charge < -0.3 is 0 Å². The van der Waals surface area contributed by atoms with Gasteiger partial charge in [0.2, 0.25) is 0 Å². The maximum absolute atomic E-state index is 4.70. The fourth-order valence-corrected chi connectivity index (χ4v) is 4.41. The summed E-state index contributed by atoms with van der Waals surface area (Å²) in [5.41, 5.74) is 2.02. The fraction of sp³-hybridized carbons (Fsp3) is 0.206. The van der Waals surface area contributed by atoms with E-state index in [1.807, 2.05) is 43.3 Å². The van der Waals surface area contributed by atoms with Gasteiger partial charge in [-0.25, -0.2) is 15.0 Å². The topological polar surface area (TPSA) is 38.7 Å². The summed E-state index contributed by atoms with van der Waals surface area (Å²) in [6.45, 7) is 14.8. The first-order valence-corrected chi connectivity index (χ1v) is 12.8. The van der Waals surface area contributed by atoms with Crippen LogP contribution in [0.3, 0.4) is 0 Å². The number of nitrogens with zero attached hydrogens (tertiary/aromatic N) is 3. The molecular weight excluding hydrogens is 450 g/mol. The molecule has 0 saturated heterocycles. The molecule has 0 unspecified atom stereocenters. The SMILES string of the molecule is C=C/C(=C\C=C/CC(C)(C)CC/C=c1\c(=C)ccc2ccccc12)c1nc(C)nc(-c2ccccc2)n1. The van der Waals surface area contributed by atoms with Crippen LogP contribution in [0, 0.1) is 12.3 Å². The van der Waals surface area contributed by atoms with E-state index >= 15 is 0 Å². The van der Waals surface area contributed by atoms with Crippen LogP contribution in [0.1, 0.15) is 44.8 Å². The summed E-state index contributed by atoms with van der Waals surface area (Å²) in [5, 5.41) is 4.88.